The van der Waals surface area contributed by atoms with Crippen molar-refractivity contribution in [2.24, 2.45) is 11.3 Å². The van der Waals surface area contributed by atoms with Crippen LogP contribution in [0.3, 0.4) is 0 Å². The van der Waals surface area contributed by atoms with Gasteiger partial charge >= 0.3 is 0 Å². The van der Waals surface area contributed by atoms with E-state index in [0.29, 0.717) is 5.92 Å². The molecule has 2 fully saturated rings. The first-order valence-corrected chi connectivity index (χ1v) is 8.82. The van der Waals surface area contributed by atoms with E-state index in [2.05, 4.69) is 29.4 Å². The smallest absolute Gasteiger partial charge is 0.237 e. The quantitative estimate of drug-likeness (QED) is 0.862. The summed E-state index contributed by atoms with van der Waals surface area (Å²) in [6.07, 6.45) is 4.39. The number of nitriles is 1. The Kier molecular flexibility index (Phi) is 5.04. The second-order valence-electron chi connectivity index (χ2n) is 7.64. The first kappa shape index (κ1) is 17.8. The minimum atomic E-state index is -1.09. The van der Waals surface area contributed by atoms with Crippen LogP contribution in [0.15, 0.2) is 12.4 Å². The zero-order valence-electron chi connectivity index (χ0n) is 14.7. The Morgan fingerprint density at radius 2 is 2.12 bits per heavy atom. The van der Waals surface area contributed by atoms with E-state index >= 15 is 0 Å². The molecule has 1 saturated carbocycles. The molecule has 0 radical (unpaired) electrons. The number of carbonyl (C=O) groups is 1. The summed E-state index contributed by atoms with van der Waals surface area (Å²) in [5, 5.41) is 20.8. The maximum absolute atomic E-state index is 13.5. The largest absolute Gasteiger partial charge is 0.323 e. The Hall–Kier alpha value is -2.01. The summed E-state index contributed by atoms with van der Waals surface area (Å²) in [7, 11) is 0. The number of carbonyl (C=O) groups excluding carboxylic acids is 1. The van der Waals surface area contributed by atoms with Crippen LogP contribution in [0.25, 0.3) is 0 Å². The average molecular weight is 348 g/mol. The van der Waals surface area contributed by atoms with E-state index < -0.39 is 12.2 Å². The molecule has 0 unspecified atom stereocenters. The molecule has 1 aliphatic carbocycles. The summed E-state index contributed by atoms with van der Waals surface area (Å²) in [5.41, 5.74) is -0.00380. The van der Waals surface area contributed by atoms with Gasteiger partial charge in [0.1, 0.15) is 12.2 Å². The molecule has 8 heteroatoms. The van der Waals surface area contributed by atoms with Crippen molar-refractivity contribution in [1.82, 2.24) is 25.2 Å². The van der Waals surface area contributed by atoms with Crippen molar-refractivity contribution in [2.75, 3.05) is 13.1 Å². The number of aromatic nitrogens is 3. The second kappa shape index (κ2) is 7.08. The third-order valence-corrected chi connectivity index (χ3v) is 5.82. The summed E-state index contributed by atoms with van der Waals surface area (Å²) >= 11 is 0. The van der Waals surface area contributed by atoms with Crippen molar-refractivity contribution in [3.63, 3.8) is 0 Å². The molecule has 7 nitrogen and oxygen atoms in total. The van der Waals surface area contributed by atoms with E-state index in [9.17, 15) is 9.18 Å². The van der Waals surface area contributed by atoms with E-state index in [-0.39, 0.29) is 36.9 Å². The molecule has 0 aromatic carbocycles. The Labute approximate surface area is 147 Å². The van der Waals surface area contributed by atoms with Gasteiger partial charge in [0.25, 0.3) is 0 Å². The summed E-state index contributed by atoms with van der Waals surface area (Å²) in [6.45, 7) is 5.33. The number of nitrogens with one attached hydrogen (secondary N) is 1. The van der Waals surface area contributed by atoms with Crippen molar-refractivity contribution >= 4 is 5.91 Å². The van der Waals surface area contributed by atoms with Crippen LogP contribution < -0.4 is 5.32 Å². The lowest BCUT2D eigenvalue weighted by Crippen LogP contribution is -2.47. The number of likely N-dealkylation sites (tertiary alicyclic amines) is 1. The van der Waals surface area contributed by atoms with Gasteiger partial charge in [-0.05, 0) is 24.2 Å². The van der Waals surface area contributed by atoms with Crippen LogP contribution in [0.1, 0.15) is 33.1 Å². The molecule has 25 heavy (non-hydrogen) atoms. The summed E-state index contributed by atoms with van der Waals surface area (Å²) in [5.74, 6) is 0.223. The van der Waals surface area contributed by atoms with Gasteiger partial charge in [0.05, 0.1) is 38.1 Å². The van der Waals surface area contributed by atoms with E-state index in [1.165, 1.54) is 4.90 Å². The Bertz CT molecular complexity index is 640. The standard InChI is InChI=1S/C17H25FN6O/c1-17(2)12(10-24-21-5-6-22-24)3-4-15(17)20-9-16(25)23-11-13(18)7-14(23)8-19/h5-6,12-15,20H,3-4,7,9-11H2,1-2H3/t12-,13+,14+,15-/m1/s1. The fourth-order valence-electron chi connectivity index (χ4n) is 4.12. The van der Waals surface area contributed by atoms with Crippen molar-refractivity contribution in [3.8, 4) is 6.07 Å². The molecule has 1 aromatic heterocycles. The molecule has 3 rings (SSSR count). The summed E-state index contributed by atoms with van der Waals surface area (Å²) in [6, 6.07) is 1.58. The zero-order valence-corrected chi connectivity index (χ0v) is 14.7. The number of nitrogens with zero attached hydrogens (tertiary/aromatic N) is 5. The van der Waals surface area contributed by atoms with Crippen LogP contribution in [0, 0.1) is 22.7 Å². The van der Waals surface area contributed by atoms with Gasteiger partial charge in [0.2, 0.25) is 5.91 Å². The Morgan fingerprint density at radius 3 is 2.80 bits per heavy atom. The van der Waals surface area contributed by atoms with Gasteiger partial charge in [-0.1, -0.05) is 13.8 Å². The monoisotopic (exact) mass is 348 g/mol. The summed E-state index contributed by atoms with van der Waals surface area (Å²) in [4.78, 5) is 15.5. The van der Waals surface area contributed by atoms with E-state index in [0.717, 1.165) is 19.4 Å². The third kappa shape index (κ3) is 3.66. The number of hydrogen-bond donors (Lipinski definition) is 1. The molecule has 1 N–H and O–H groups in total. The maximum atomic E-state index is 13.5. The van der Waals surface area contributed by atoms with Gasteiger partial charge in [-0.2, -0.15) is 20.3 Å². The number of hydrogen-bond acceptors (Lipinski definition) is 5. The molecule has 1 aromatic rings. The molecule has 4 atom stereocenters. The first-order chi connectivity index (χ1) is 11.9. The first-order valence-electron chi connectivity index (χ1n) is 8.82. The lowest BCUT2D eigenvalue weighted by Gasteiger charge is -2.33. The van der Waals surface area contributed by atoms with Crippen molar-refractivity contribution in [3.05, 3.63) is 12.4 Å². The molecule has 1 aliphatic heterocycles. The molecule has 1 saturated heterocycles. The predicted octanol–water partition coefficient (Wildman–Crippen LogP) is 1.14. The second-order valence-corrected chi connectivity index (χ2v) is 7.64. The Balaban J connectivity index is 1.55. The van der Waals surface area contributed by atoms with Crippen molar-refractivity contribution < 1.29 is 9.18 Å². The summed E-state index contributed by atoms with van der Waals surface area (Å²) < 4.78 is 13.5. The van der Waals surface area contributed by atoms with Gasteiger partial charge in [-0.25, -0.2) is 4.39 Å². The molecule has 0 bridgehead atoms. The van der Waals surface area contributed by atoms with Crippen LogP contribution in [0.2, 0.25) is 0 Å². The van der Waals surface area contributed by atoms with Gasteiger partial charge < -0.3 is 10.2 Å². The van der Waals surface area contributed by atoms with Gasteiger partial charge in [0, 0.05) is 12.5 Å². The molecule has 1 amide bonds. The molecule has 136 valence electrons. The van der Waals surface area contributed by atoms with E-state index in [4.69, 9.17) is 5.26 Å². The predicted molar refractivity (Wildman–Crippen MR) is 88.9 cm³/mol. The lowest BCUT2D eigenvalue weighted by atomic mass is 9.79. The van der Waals surface area contributed by atoms with Crippen LogP contribution in [0.5, 0.6) is 0 Å². The van der Waals surface area contributed by atoms with Gasteiger partial charge in [-0.15, -0.1) is 0 Å². The fourth-order valence-corrected chi connectivity index (χ4v) is 4.12. The number of rotatable bonds is 5. The van der Waals surface area contributed by atoms with Crippen LogP contribution in [-0.4, -0.2) is 57.1 Å². The molecular weight excluding hydrogens is 323 g/mol. The normalized spacial score (nSPS) is 31.2. The van der Waals surface area contributed by atoms with E-state index in [1.807, 2.05) is 6.07 Å². The van der Waals surface area contributed by atoms with Gasteiger partial charge in [-0.3, -0.25) is 4.79 Å². The number of alkyl halides is 1. The highest BCUT2D eigenvalue weighted by Gasteiger charge is 2.43. The molecule has 2 heterocycles. The highest BCUT2D eigenvalue weighted by molar-refractivity contribution is 5.79. The zero-order chi connectivity index (χ0) is 18.0. The molecule has 2 aliphatic rings. The van der Waals surface area contributed by atoms with Crippen molar-refractivity contribution in [1.29, 1.82) is 5.26 Å². The van der Waals surface area contributed by atoms with Crippen molar-refractivity contribution in [2.45, 2.75) is 57.9 Å². The highest BCUT2D eigenvalue weighted by Crippen LogP contribution is 2.43. The SMILES string of the molecule is CC1(C)[C@@H](Cn2nccn2)CC[C@H]1NCC(=O)N1C[C@@H](F)C[C@H]1C#N. The Morgan fingerprint density at radius 1 is 1.40 bits per heavy atom. The average Bonchev–Trinajstić information content (AvgIpc) is 3.27. The minimum Gasteiger partial charge on any atom is -0.323 e. The minimum absolute atomic E-state index is 0.00380. The highest BCUT2D eigenvalue weighted by atomic mass is 19.1. The third-order valence-electron chi connectivity index (χ3n) is 5.82. The van der Waals surface area contributed by atoms with Crippen LogP contribution >= 0.6 is 0 Å². The number of amides is 1. The maximum Gasteiger partial charge on any atom is 0.237 e. The lowest BCUT2D eigenvalue weighted by molar-refractivity contribution is -0.130. The topological polar surface area (TPSA) is 86.8 Å². The fraction of sp³-hybridized carbons (Fsp3) is 0.765. The van der Waals surface area contributed by atoms with Crippen LogP contribution in [0.4, 0.5) is 4.39 Å². The van der Waals surface area contributed by atoms with E-state index in [1.54, 1.807) is 17.2 Å². The van der Waals surface area contributed by atoms with Gasteiger partial charge in [0.15, 0.2) is 0 Å². The van der Waals surface area contributed by atoms with Crippen LogP contribution in [-0.2, 0) is 11.3 Å². The number of halogens is 1. The molecule has 0 spiro atoms. The molecular formula is C17H25FN6O.